The maximum absolute atomic E-state index is 11.5. The Balaban J connectivity index is 2.06. The van der Waals surface area contributed by atoms with Gasteiger partial charge >= 0.3 is 6.16 Å². The van der Waals surface area contributed by atoms with Gasteiger partial charge in [-0.1, -0.05) is 46.1 Å². The zero-order valence-electron chi connectivity index (χ0n) is 13.1. The van der Waals surface area contributed by atoms with Gasteiger partial charge in [0.15, 0.2) is 0 Å². The van der Waals surface area contributed by atoms with Crippen molar-refractivity contribution in [2.24, 2.45) is 11.8 Å². The first kappa shape index (κ1) is 16.8. The Morgan fingerprint density at radius 1 is 1.20 bits per heavy atom. The van der Waals surface area contributed by atoms with Crippen molar-refractivity contribution < 1.29 is 14.3 Å². The molecule has 0 saturated heterocycles. The molecule has 3 nitrogen and oxygen atoms in total. The molecule has 1 aliphatic rings. The van der Waals surface area contributed by atoms with E-state index < -0.39 is 6.16 Å². The van der Waals surface area contributed by atoms with Crippen LogP contribution in [0.15, 0.2) is 24.0 Å². The number of carbonyl (C=O) groups is 1. The van der Waals surface area contributed by atoms with Crippen molar-refractivity contribution in [1.82, 2.24) is 0 Å². The van der Waals surface area contributed by atoms with Crippen molar-refractivity contribution in [3.8, 4) is 0 Å². The highest BCUT2D eigenvalue weighted by Crippen LogP contribution is 2.16. The molecule has 0 amide bonds. The number of ether oxygens (including phenoxy) is 2. The summed E-state index contributed by atoms with van der Waals surface area (Å²) in [7, 11) is 0. The second kappa shape index (κ2) is 9.62. The van der Waals surface area contributed by atoms with Crippen LogP contribution in [0.2, 0.25) is 0 Å². The Labute approximate surface area is 123 Å². The van der Waals surface area contributed by atoms with E-state index in [1.54, 1.807) is 0 Å². The molecule has 0 saturated carbocycles. The van der Waals surface area contributed by atoms with Gasteiger partial charge in [0.2, 0.25) is 0 Å². The lowest BCUT2D eigenvalue weighted by atomic mass is 9.98. The molecule has 20 heavy (non-hydrogen) atoms. The summed E-state index contributed by atoms with van der Waals surface area (Å²) < 4.78 is 10.2. The maximum atomic E-state index is 11.5. The molecule has 0 heterocycles. The zero-order valence-corrected chi connectivity index (χ0v) is 13.1. The SMILES string of the molecule is CC(C)CCCC(C)CCOC(=O)OC1=CCCC=C1. The highest BCUT2D eigenvalue weighted by molar-refractivity contribution is 5.62. The first-order valence-electron chi connectivity index (χ1n) is 7.79. The van der Waals surface area contributed by atoms with Gasteiger partial charge in [-0.05, 0) is 43.3 Å². The van der Waals surface area contributed by atoms with Crippen molar-refractivity contribution in [2.45, 2.75) is 59.3 Å². The summed E-state index contributed by atoms with van der Waals surface area (Å²) in [5.41, 5.74) is 0. The third-order valence-corrected chi connectivity index (χ3v) is 3.47. The van der Waals surface area contributed by atoms with Crippen molar-refractivity contribution >= 4 is 6.16 Å². The topological polar surface area (TPSA) is 35.5 Å². The normalized spacial score (nSPS) is 15.9. The van der Waals surface area contributed by atoms with Gasteiger partial charge in [0.05, 0.1) is 6.61 Å². The van der Waals surface area contributed by atoms with E-state index in [9.17, 15) is 4.79 Å². The summed E-state index contributed by atoms with van der Waals surface area (Å²) in [5, 5.41) is 0. The van der Waals surface area contributed by atoms with Gasteiger partial charge in [-0.25, -0.2) is 4.79 Å². The molecule has 0 spiro atoms. The van der Waals surface area contributed by atoms with Gasteiger partial charge in [-0.2, -0.15) is 0 Å². The molecule has 1 atom stereocenters. The fraction of sp³-hybridized carbons (Fsp3) is 0.706. The average Bonchev–Trinajstić information content (AvgIpc) is 2.39. The van der Waals surface area contributed by atoms with Crippen molar-refractivity contribution in [2.75, 3.05) is 6.61 Å². The van der Waals surface area contributed by atoms with Gasteiger partial charge in [0, 0.05) is 0 Å². The predicted octanol–water partition coefficient (Wildman–Crippen LogP) is 5.23. The Hall–Kier alpha value is -1.25. The lowest BCUT2D eigenvalue weighted by Crippen LogP contribution is -2.10. The van der Waals surface area contributed by atoms with Crippen molar-refractivity contribution in [1.29, 1.82) is 0 Å². The minimum Gasteiger partial charge on any atom is -0.434 e. The highest BCUT2D eigenvalue weighted by atomic mass is 16.7. The fourth-order valence-corrected chi connectivity index (χ4v) is 2.15. The van der Waals surface area contributed by atoms with E-state index in [1.165, 1.54) is 19.3 Å². The van der Waals surface area contributed by atoms with Crippen molar-refractivity contribution in [3.63, 3.8) is 0 Å². The number of carbonyl (C=O) groups excluding carboxylic acids is 1. The van der Waals surface area contributed by atoms with Crippen LogP contribution in [0.4, 0.5) is 4.79 Å². The number of allylic oxidation sites excluding steroid dienone is 3. The first-order valence-corrected chi connectivity index (χ1v) is 7.79. The van der Waals surface area contributed by atoms with Gasteiger partial charge in [0.1, 0.15) is 5.76 Å². The van der Waals surface area contributed by atoms with Crippen molar-refractivity contribution in [3.05, 3.63) is 24.0 Å². The molecule has 0 fully saturated rings. The van der Waals surface area contributed by atoms with Gasteiger partial charge in [-0.15, -0.1) is 0 Å². The minimum absolute atomic E-state index is 0.443. The molecule has 3 heteroatoms. The van der Waals surface area contributed by atoms with Gasteiger partial charge in [-0.3, -0.25) is 0 Å². The summed E-state index contributed by atoms with van der Waals surface area (Å²) in [6.45, 7) is 7.15. The number of hydrogen-bond donors (Lipinski definition) is 0. The summed E-state index contributed by atoms with van der Waals surface area (Å²) in [5.74, 6) is 1.96. The average molecular weight is 280 g/mol. The Bertz CT molecular complexity index is 342. The molecule has 1 unspecified atom stereocenters. The predicted molar refractivity (Wildman–Crippen MR) is 81.4 cm³/mol. The molecule has 0 N–H and O–H groups in total. The second-order valence-electron chi connectivity index (χ2n) is 6.01. The standard InChI is InChI=1S/C17H28O3/c1-14(2)8-7-9-15(3)12-13-19-17(18)20-16-10-5-4-6-11-16/h5,10-11,14-15H,4,6-9,12-13H2,1-3H3. The van der Waals surface area contributed by atoms with E-state index in [4.69, 9.17) is 9.47 Å². The molecule has 1 aliphatic carbocycles. The van der Waals surface area contributed by atoms with Crippen LogP contribution in [-0.4, -0.2) is 12.8 Å². The molecule has 0 radical (unpaired) electrons. The third kappa shape index (κ3) is 8.03. The summed E-state index contributed by atoms with van der Waals surface area (Å²) in [6.07, 6.45) is 11.7. The molecule has 0 aromatic rings. The number of hydrogen-bond acceptors (Lipinski definition) is 3. The van der Waals surface area contributed by atoms with Crippen LogP contribution in [0.25, 0.3) is 0 Å². The largest absolute Gasteiger partial charge is 0.513 e. The van der Waals surface area contributed by atoms with E-state index in [-0.39, 0.29) is 0 Å². The Kier molecular flexibility index (Phi) is 8.08. The van der Waals surface area contributed by atoms with E-state index in [0.29, 0.717) is 18.3 Å². The molecule has 114 valence electrons. The lowest BCUT2D eigenvalue weighted by molar-refractivity contribution is 0.0746. The molecule has 1 rings (SSSR count). The molecule has 0 aromatic heterocycles. The molecule has 0 aromatic carbocycles. The van der Waals surface area contributed by atoms with Gasteiger partial charge < -0.3 is 9.47 Å². The minimum atomic E-state index is -0.586. The van der Waals surface area contributed by atoms with Crippen LogP contribution in [0.1, 0.15) is 59.3 Å². The highest BCUT2D eigenvalue weighted by Gasteiger charge is 2.09. The molecule has 0 aliphatic heterocycles. The van der Waals surface area contributed by atoms with Crippen LogP contribution in [0.5, 0.6) is 0 Å². The van der Waals surface area contributed by atoms with E-state index >= 15 is 0 Å². The summed E-state index contributed by atoms with van der Waals surface area (Å²) in [6, 6.07) is 0. The smallest absolute Gasteiger partial charge is 0.434 e. The van der Waals surface area contributed by atoms with Gasteiger partial charge in [0.25, 0.3) is 0 Å². The third-order valence-electron chi connectivity index (χ3n) is 3.47. The monoisotopic (exact) mass is 280 g/mol. The quantitative estimate of drug-likeness (QED) is 0.571. The van der Waals surface area contributed by atoms with E-state index in [2.05, 4.69) is 20.8 Å². The van der Waals surface area contributed by atoms with Crippen LogP contribution in [-0.2, 0) is 9.47 Å². The summed E-state index contributed by atoms with van der Waals surface area (Å²) >= 11 is 0. The Morgan fingerprint density at radius 2 is 2.00 bits per heavy atom. The van der Waals surface area contributed by atoms with E-state index in [1.807, 2.05) is 18.2 Å². The zero-order chi connectivity index (χ0) is 14.8. The van der Waals surface area contributed by atoms with E-state index in [0.717, 1.165) is 25.2 Å². The summed E-state index contributed by atoms with van der Waals surface area (Å²) in [4.78, 5) is 11.5. The van der Waals surface area contributed by atoms with Crippen LogP contribution in [0.3, 0.4) is 0 Å². The Morgan fingerprint density at radius 3 is 2.65 bits per heavy atom. The number of rotatable bonds is 8. The second-order valence-corrected chi connectivity index (χ2v) is 6.01. The molecular weight excluding hydrogens is 252 g/mol. The fourth-order valence-electron chi connectivity index (χ4n) is 2.15. The van der Waals surface area contributed by atoms with Crippen LogP contribution < -0.4 is 0 Å². The van der Waals surface area contributed by atoms with Crippen LogP contribution >= 0.6 is 0 Å². The maximum Gasteiger partial charge on any atom is 0.513 e. The molecular formula is C17H28O3. The lowest BCUT2D eigenvalue weighted by Gasteiger charge is -2.13. The molecule has 0 bridgehead atoms. The first-order chi connectivity index (χ1) is 9.58. The van der Waals surface area contributed by atoms with Crippen LogP contribution in [0, 0.1) is 11.8 Å².